The van der Waals surface area contributed by atoms with Crippen molar-refractivity contribution in [1.82, 2.24) is 5.32 Å². The van der Waals surface area contributed by atoms with Gasteiger partial charge in [0.25, 0.3) is 0 Å². The monoisotopic (exact) mass is 189 g/mol. The molecule has 0 bridgehead atoms. The van der Waals surface area contributed by atoms with Gasteiger partial charge in [-0.1, -0.05) is 34.6 Å². The van der Waals surface area contributed by atoms with Crippen molar-refractivity contribution in [2.45, 2.75) is 47.1 Å². The van der Waals surface area contributed by atoms with Gasteiger partial charge in [0.1, 0.15) is 0 Å². The van der Waals surface area contributed by atoms with Crippen molar-refractivity contribution in [3.05, 3.63) is 0 Å². The van der Waals surface area contributed by atoms with Gasteiger partial charge in [0.2, 0.25) is 0 Å². The molecule has 0 unspecified atom stereocenters. The van der Waals surface area contributed by atoms with E-state index in [1.807, 2.05) is 0 Å². The van der Waals surface area contributed by atoms with Crippen molar-refractivity contribution >= 4 is 0 Å². The highest BCUT2D eigenvalue weighted by Gasteiger charge is 2.30. The molecule has 0 saturated carbocycles. The van der Waals surface area contributed by atoms with Crippen LogP contribution in [-0.4, -0.2) is 12.1 Å². The number of rotatable bonds is 4. The fourth-order valence-electron chi connectivity index (χ4n) is 1.46. The van der Waals surface area contributed by atoms with E-state index in [-0.39, 0.29) is 0 Å². The minimum absolute atomic E-state index is 0.300. The molecule has 0 aromatic rings. The normalized spacial score (nSPS) is 11.5. The maximum Gasteiger partial charge on any atom is 0.0199 e. The third-order valence-electron chi connectivity index (χ3n) is 2.96. The third kappa shape index (κ3) is 4.60. The van der Waals surface area contributed by atoms with Crippen molar-refractivity contribution in [1.29, 1.82) is 0 Å². The molecule has 0 atom stereocenters. The minimum Gasteiger partial charge on any atom is -0.311 e. The van der Waals surface area contributed by atoms with E-state index in [0.717, 1.165) is 6.54 Å². The predicted molar refractivity (Wildman–Crippen MR) is 60.1 cm³/mol. The Morgan fingerprint density at radius 3 is 1.46 bits per heavy atom. The zero-order valence-corrected chi connectivity index (χ0v) is 10.0. The number of hydrazine groups is 1. The summed E-state index contributed by atoms with van der Waals surface area (Å²) in [5.74, 6) is 9.39. The second-order valence-corrected chi connectivity index (χ2v) is 4.12. The quantitative estimate of drug-likeness (QED) is 0.464. The molecule has 0 radical (unpaired) electrons. The molecular weight excluding hydrogens is 162 g/mol. The lowest BCUT2D eigenvalue weighted by molar-refractivity contribution is 0.190. The Morgan fingerprint density at radius 1 is 1.08 bits per heavy atom. The SMILES string of the molecule is CCNC(C)(C(C)C)C(C)C.NN. The van der Waals surface area contributed by atoms with Gasteiger partial charge < -0.3 is 5.32 Å². The van der Waals surface area contributed by atoms with Crippen molar-refractivity contribution in [3.63, 3.8) is 0 Å². The highest BCUT2D eigenvalue weighted by molar-refractivity contribution is 4.88. The molecule has 0 aromatic carbocycles. The van der Waals surface area contributed by atoms with Gasteiger partial charge in [-0.3, -0.25) is 11.7 Å². The maximum atomic E-state index is 4.00. The van der Waals surface area contributed by atoms with Gasteiger partial charge in [-0.25, -0.2) is 0 Å². The van der Waals surface area contributed by atoms with Crippen molar-refractivity contribution in [3.8, 4) is 0 Å². The Hall–Kier alpha value is -0.120. The Balaban J connectivity index is 0. The average Bonchev–Trinajstić information content (AvgIpc) is 2.07. The highest BCUT2D eigenvalue weighted by Crippen LogP contribution is 2.24. The van der Waals surface area contributed by atoms with Crippen LogP contribution in [0.5, 0.6) is 0 Å². The summed E-state index contributed by atoms with van der Waals surface area (Å²) in [5.41, 5.74) is 0.300. The summed E-state index contributed by atoms with van der Waals surface area (Å²) in [6.45, 7) is 14.7. The number of nitrogens with two attached hydrogens (primary N) is 2. The van der Waals surface area contributed by atoms with Crippen LogP contribution >= 0.6 is 0 Å². The fourth-order valence-corrected chi connectivity index (χ4v) is 1.46. The van der Waals surface area contributed by atoms with E-state index >= 15 is 0 Å². The summed E-state index contributed by atoms with van der Waals surface area (Å²) in [5, 5.41) is 3.56. The van der Waals surface area contributed by atoms with Crippen LogP contribution in [0.3, 0.4) is 0 Å². The molecule has 82 valence electrons. The maximum absolute atomic E-state index is 4.00. The van der Waals surface area contributed by atoms with Crippen molar-refractivity contribution < 1.29 is 0 Å². The fraction of sp³-hybridized carbons (Fsp3) is 1.00. The summed E-state index contributed by atoms with van der Waals surface area (Å²) >= 11 is 0. The van der Waals surface area contributed by atoms with Gasteiger partial charge in [-0.2, -0.15) is 0 Å². The van der Waals surface area contributed by atoms with Crippen LogP contribution in [0.25, 0.3) is 0 Å². The highest BCUT2D eigenvalue weighted by atomic mass is 15.0. The van der Waals surface area contributed by atoms with E-state index in [2.05, 4.69) is 58.5 Å². The van der Waals surface area contributed by atoms with E-state index in [9.17, 15) is 0 Å². The standard InChI is InChI=1S/C10H23N.H4N2/c1-7-11-10(6,8(2)3)9(4)5;1-2/h8-9,11H,7H2,1-6H3;1-2H2. The average molecular weight is 189 g/mol. The van der Waals surface area contributed by atoms with Crippen LogP contribution in [-0.2, 0) is 0 Å². The van der Waals surface area contributed by atoms with Gasteiger partial charge in [-0.15, -0.1) is 0 Å². The third-order valence-corrected chi connectivity index (χ3v) is 2.96. The van der Waals surface area contributed by atoms with E-state index < -0.39 is 0 Å². The van der Waals surface area contributed by atoms with Crippen LogP contribution in [0.15, 0.2) is 0 Å². The van der Waals surface area contributed by atoms with Gasteiger partial charge in [0, 0.05) is 5.54 Å². The first kappa shape index (κ1) is 15.4. The molecule has 0 rings (SSSR count). The Kier molecular flexibility index (Phi) is 8.62. The van der Waals surface area contributed by atoms with Crippen LogP contribution in [0, 0.1) is 11.8 Å². The first-order valence-electron chi connectivity index (χ1n) is 5.03. The smallest absolute Gasteiger partial charge is 0.0199 e. The van der Waals surface area contributed by atoms with E-state index in [4.69, 9.17) is 0 Å². The van der Waals surface area contributed by atoms with Crippen LogP contribution in [0.4, 0.5) is 0 Å². The predicted octanol–water partition coefficient (Wildman–Crippen LogP) is 1.49. The Labute approximate surface area is 83.2 Å². The molecule has 5 N–H and O–H groups in total. The first-order chi connectivity index (χ1) is 5.95. The summed E-state index contributed by atoms with van der Waals surface area (Å²) in [6, 6.07) is 0. The molecule has 0 amide bonds. The molecule has 0 aliphatic carbocycles. The molecule has 0 fully saturated rings. The lowest BCUT2D eigenvalue weighted by Gasteiger charge is -2.38. The summed E-state index contributed by atoms with van der Waals surface area (Å²) in [4.78, 5) is 0. The lowest BCUT2D eigenvalue weighted by atomic mass is 9.79. The van der Waals surface area contributed by atoms with Crippen LogP contribution < -0.4 is 17.0 Å². The van der Waals surface area contributed by atoms with Gasteiger partial charge >= 0.3 is 0 Å². The molecule has 3 nitrogen and oxygen atoms in total. The molecule has 0 heterocycles. The molecule has 0 aromatic heterocycles. The largest absolute Gasteiger partial charge is 0.311 e. The summed E-state index contributed by atoms with van der Waals surface area (Å²) in [7, 11) is 0. The molecule has 3 heteroatoms. The van der Waals surface area contributed by atoms with E-state index in [0.29, 0.717) is 17.4 Å². The molecule has 13 heavy (non-hydrogen) atoms. The zero-order chi connectivity index (χ0) is 11.1. The number of hydrogen-bond donors (Lipinski definition) is 3. The summed E-state index contributed by atoms with van der Waals surface area (Å²) in [6.07, 6.45) is 0. The van der Waals surface area contributed by atoms with Crippen LogP contribution in [0.1, 0.15) is 41.5 Å². The summed E-state index contributed by atoms with van der Waals surface area (Å²) < 4.78 is 0. The van der Waals surface area contributed by atoms with E-state index in [1.165, 1.54) is 0 Å². The molecular formula is C10H27N3. The van der Waals surface area contributed by atoms with Gasteiger partial charge in [0.05, 0.1) is 0 Å². The zero-order valence-electron chi connectivity index (χ0n) is 10.0. The van der Waals surface area contributed by atoms with Gasteiger partial charge in [-0.05, 0) is 25.3 Å². The number of nitrogens with one attached hydrogen (secondary N) is 1. The number of hydrogen-bond acceptors (Lipinski definition) is 3. The molecule has 0 aliphatic rings. The topological polar surface area (TPSA) is 64.1 Å². The molecule has 0 spiro atoms. The van der Waals surface area contributed by atoms with E-state index in [1.54, 1.807) is 0 Å². The molecule has 0 aliphatic heterocycles. The Bertz CT molecular complexity index is 103. The van der Waals surface area contributed by atoms with Gasteiger partial charge in [0.15, 0.2) is 0 Å². The second kappa shape index (κ2) is 7.30. The second-order valence-electron chi connectivity index (χ2n) is 4.12. The Morgan fingerprint density at radius 2 is 1.38 bits per heavy atom. The molecule has 0 saturated heterocycles. The lowest BCUT2D eigenvalue weighted by Crippen LogP contribution is -2.51. The van der Waals surface area contributed by atoms with Crippen molar-refractivity contribution in [2.24, 2.45) is 23.5 Å². The van der Waals surface area contributed by atoms with Crippen molar-refractivity contribution in [2.75, 3.05) is 6.54 Å². The van der Waals surface area contributed by atoms with Crippen LogP contribution in [0.2, 0.25) is 0 Å². The first-order valence-corrected chi connectivity index (χ1v) is 5.03. The minimum atomic E-state index is 0.300.